The minimum absolute atomic E-state index is 0.0709. The van der Waals surface area contributed by atoms with E-state index >= 15 is 0 Å². The zero-order valence-electron chi connectivity index (χ0n) is 11.6. The molecule has 0 radical (unpaired) electrons. The molecule has 4 nitrogen and oxygen atoms in total. The fourth-order valence-corrected chi connectivity index (χ4v) is 5.24. The lowest BCUT2D eigenvalue weighted by Gasteiger charge is -2.48. The van der Waals surface area contributed by atoms with Crippen molar-refractivity contribution in [2.45, 2.75) is 44.7 Å². The van der Waals surface area contributed by atoms with Gasteiger partial charge in [-0.3, -0.25) is 14.4 Å². The number of carbonyl (C=O) groups excluding carboxylic acids is 2. The van der Waals surface area contributed by atoms with Crippen molar-refractivity contribution in [3.63, 3.8) is 0 Å². The van der Waals surface area contributed by atoms with Gasteiger partial charge in [-0.25, -0.2) is 6.57 Å². The molecule has 1 aliphatic carbocycles. The molecule has 0 unspecified atom stereocenters. The summed E-state index contributed by atoms with van der Waals surface area (Å²) in [5.41, 5.74) is -1.80. The number of hydrogen-bond donors (Lipinski definition) is 0. The highest BCUT2D eigenvalue weighted by atomic mass is 127. The van der Waals surface area contributed by atoms with Gasteiger partial charge in [0.25, 0.3) is 0 Å². The SMILES string of the molecule is [C-]#[N+][C@@]12C=C(I)C(=O)C(C)(C)[C@@H]1C[C@H]1CCCN1C2=O. The highest BCUT2D eigenvalue weighted by Gasteiger charge is 2.67. The molecular formula is C15H17IN2O2. The Morgan fingerprint density at radius 2 is 2.15 bits per heavy atom. The first-order valence-electron chi connectivity index (χ1n) is 6.97. The lowest BCUT2D eigenvalue weighted by atomic mass is 9.58. The van der Waals surface area contributed by atoms with E-state index in [0.29, 0.717) is 3.58 Å². The zero-order valence-corrected chi connectivity index (χ0v) is 13.8. The van der Waals surface area contributed by atoms with Crippen molar-refractivity contribution in [3.05, 3.63) is 21.1 Å². The highest BCUT2D eigenvalue weighted by Crippen LogP contribution is 2.53. The molecule has 20 heavy (non-hydrogen) atoms. The van der Waals surface area contributed by atoms with E-state index in [0.717, 1.165) is 25.8 Å². The second-order valence-electron chi connectivity index (χ2n) is 6.56. The molecule has 0 aromatic rings. The Bertz CT molecular complexity index is 575. The van der Waals surface area contributed by atoms with Crippen molar-refractivity contribution >= 4 is 34.3 Å². The molecule has 0 bridgehead atoms. The highest BCUT2D eigenvalue weighted by molar-refractivity contribution is 14.1. The van der Waals surface area contributed by atoms with Crippen LogP contribution in [0, 0.1) is 17.9 Å². The van der Waals surface area contributed by atoms with E-state index in [9.17, 15) is 9.59 Å². The summed E-state index contributed by atoms with van der Waals surface area (Å²) in [6.45, 7) is 12.2. The molecular weight excluding hydrogens is 367 g/mol. The van der Waals surface area contributed by atoms with Crippen LogP contribution in [0.3, 0.4) is 0 Å². The molecule has 106 valence electrons. The van der Waals surface area contributed by atoms with Gasteiger partial charge in [0.1, 0.15) is 0 Å². The lowest BCUT2D eigenvalue weighted by Crippen LogP contribution is -2.63. The van der Waals surface area contributed by atoms with E-state index in [1.807, 2.05) is 41.3 Å². The number of ketones is 1. The molecule has 2 fully saturated rings. The Morgan fingerprint density at radius 3 is 2.80 bits per heavy atom. The summed E-state index contributed by atoms with van der Waals surface area (Å²) in [6.07, 6.45) is 4.41. The van der Waals surface area contributed by atoms with Crippen molar-refractivity contribution < 1.29 is 9.59 Å². The summed E-state index contributed by atoms with van der Waals surface area (Å²) in [7, 11) is 0. The second kappa shape index (κ2) is 4.30. The number of halogens is 1. The molecule has 0 aromatic carbocycles. The third kappa shape index (κ3) is 1.57. The smallest absolute Gasteiger partial charge is 0.332 e. The van der Waals surface area contributed by atoms with Gasteiger partial charge in [0.05, 0.1) is 9.50 Å². The number of Topliss-reactive ketones (excluding diaryl/α,β-unsaturated/α-hetero) is 1. The number of rotatable bonds is 0. The van der Waals surface area contributed by atoms with E-state index in [-0.39, 0.29) is 23.7 Å². The third-order valence-corrected chi connectivity index (χ3v) is 6.03. The molecule has 0 spiro atoms. The normalized spacial score (nSPS) is 38.9. The zero-order chi connectivity index (χ0) is 14.7. The van der Waals surface area contributed by atoms with Crippen LogP contribution in [0.4, 0.5) is 0 Å². The van der Waals surface area contributed by atoms with Gasteiger partial charge in [0, 0.05) is 24.1 Å². The fourth-order valence-electron chi connectivity index (χ4n) is 4.07. The first kappa shape index (κ1) is 14.1. The number of amides is 1. The van der Waals surface area contributed by atoms with Gasteiger partial charge in [-0.05, 0) is 41.9 Å². The molecule has 0 N–H and O–H groups in total. The number of piperidine rings is 1. The maximum absolute atomic E-state index is 12.9. The lowest BCUT2D eigenvalue weighted by molar-refractivity contribution is -0.147. The van der Waals surface area contributed by atoms with Crippen LogP contribution in [0.25, 0.3) is 4.85 Å². The van der Waals surface area contributed by atoms with Crippen molar-refractivity contribution in [2.75, 3.05) is 6.54 Å². The molecule has 5 heteroatoms. The average molecular weight is 384 g/mol. The predicted molar refractivity (Wildman–Crippen MR) is 83.1 cm³/mol. The summed E-state index contributed by atoms with van der Waals surface area (Å²) in [4.78, 5) is 31.0. The Balaban J connectivity index is 2.19. The molecule has 3 atom stereocenters. The van der Waals surface area contributed by atoms with Crippen molar-refractivity contribution in [2.24, 2.45) is 11.3 Å². The molecule has 2 aliphatic heterocycles. The molecule has 0 aromatic heterocycles. The van der Waals surface area contributed by atoms with E-state index < -0.39 is 11.0 Å². The second-order valence-corrected chi connectivity index (χ2v) is 7.73. The van der Waals surface area contributed by atoms with Crippen LogP contribution < -0.4 is 0 Å². The maximum atomic E-state index is 12.9. The van der Waals surface area contributed by atoms with E-state index in [1.54, 1.807) is 6.08 Å². The Kier molecular flexibility index (Phi) is 3.02. The van der Waals surface area contributed by atoms with E-state index in [1.165, 1.54) is 0 Å². The van der Waals surface area contributed by atoms with E-state index in [4.69, 9.17) is 6.57 Å². The van der Waals surface area contributed by atoms with Crippen LogP contribution in [0.1, 0.15) is 33.1 Å². The van der Waals surface area contributed by atoms with Crippen LogP contribution in [0.5, 0.6) is 0 Å². The van der Waals surface area contributed by atoms with Crippen LogP contribution in [0.2, 0.25) is 0 Å². The third-order valence-electron chi connectivity index (χ3n) is 5.22. The first-order valence-corrected chi connectivity index (χ1v) is 8.05. The van der Waals surface area contributed by atoms with Gasteiger partial charge >= 0.3 is 11.4 Å². The number of nitrogens with zero attached hydrogens (tertiary/aromatic N) is 2. The predicted octanol–water partition coefficient (Wildman–Crippen LogP) is 2.58. The summed E-state index contributed by atoms with van der Waals surface area (Å²) in [5.74, 6) is -0.215. The van der Waals surface area contributed by atoms with Crippen LogP contribution >= 0.6 is 22.6 Å². The van der Waals surface area contributed by atoms with Crippen LogP contribution in [-0.2, 0) is 9.59 Å². The Labute approximate surface area is 132 Å². The number of allylic oxidation sites excluding steroid dienone is 1. The first-order chi connectivity index (χ1) is 9.34. The summed E-state index contributed by atoms with van der Waals surface area (Å²) in [6, 6.07) is 0.221. The molecule has 3 aliphatic rings. The van der Waals surface area contributed by atoms with Gasteiger partial charge in [-0.15, -0.1) is 0 Å². The van der Waals surface area contributed by atoms with Crippen molar-refractivity contribution in [1.29, 1.82) is 0 Å². The fraction of sp³-hybridized carbons (Fsp3) is 0.667. The summed E-state index contributed by atoms with van der Waals surface area (Å²) in [5, 5.41) is 0. The standard InChI is InChI=1S/C15H17IN2O2/c1-14(2)11-7-9-5-4-6-18(9)13(20)15(11,17-3)8-10(16)12(14)19/h8-9,11H,4-7H2,1-2H3/t9-,11+,15+/m1/s1. The summed E-state index contributed by atoms with van der Waals surface area (Å²) < 4.78 is 0.533. The van der Waals surface area contributed by atoms with Gasteiger partial charge in [-0.1, -0.05) is 13.8 Å². The molecule has 2 saturated heterocycles. The Hall–Kier alpha value is -0.900. The quantitative estimate of drug-likeness (QED) is 0.476. The van der Waals surface area contributed by atoms with Gasteiger partial charge in [-0.2, -0.15) is 0 Å². The number of carbonyl (C=O) groups is 2. The minimum atomic E-state index is -1.16. The molecule has 0 saturated carbocycles. The van der Waals surface area contributed by atoms with Crippen molar-refractivity contribution in [3.8, 4) is 0 Å². The van der Waals surface area contributed by atoms with Crippen molar-refractivity contribution in [1.82, 2.24) is 4.90 Å². The van der Waals surface area contributed by atoms with Crippen LogP contribution in [-0.4, -0.2) is 34.7 Å². The average Bonchev–Trinajstić information content (AvgIpc) is 2.87. The Morgan fingerprint density at radius 1 is 1.45 bits per heavy atom. The van der Waals surface area contributed by atoms with Gasteiger partial charge < -0.3 is 4.90 Å². The maximum Gasteiger partial charge on any atom is 0.332 e. The minimum Gasteiger partial charge on any atom is -0.332 e. The molecule has 2 heterocycles. The topological polar surface area (TPSA) is 41.7 Å². The molecule has 3 rings (SSSR count). The van der Waals surface area contributed by atoms with Gasteiger partial charge in [0.2, 0.25) is 0 Å². The number of hydrogen-bond acceptors (Lipinski definition) is 2. The summed E-state index contributed by atoms with van der Waals surface area (Å²) >= 11 is 1.98. The number of fused-ring (bicyclic) bond motifs is 2. The van der Waals surface area contributed by atoms with Gasteiger partial charge in [0.15, 0.2) is 5.78 Å². The largest absolute Gasteiger partial charge is 0.332 e. The van der Waals surface area contributed by atoms with E-state index in [2.05, 4.69) is 4.85 Å². The monoisotopic (exact) mass is 384 g/mol. The molecule has 1 amide bonds. The van der Waals surface area contributed by atoms with Crippen LogP contribution in [0.15, 0.2) is 9.66 Å².